The van der Waals surface area contributed by atoms with Crippen molar-refractivity contribution in [2.24, 2.45) is 0 Å². The maximum atomic E-state index is 13.7. The Hall–Kier alpha value is -2.69. The van der Waals surface area contributed by atoms with Gasteiger partial charge in [0.25, 0.3) is 5.91 Å². The van der Waals surface area contributed by atoms with Crippen molar-refractivity contribution in [3.63, 3.8) is 0 Å². The molecule has 3 rings (SSSR count). The van der Waals surface area contributed by atoms with Gasteiger partial charge >= 0.3 is 6.18 Å². The van der Waals surface area contributed by atoms with Crippen LogP contribution in [0.5, 0.6) is 5.88 Å². The van der Waals surface area contributed by atoms with Crippen LogP contribution < -0.4 is 20.7 Å². The minimum Gasteiger partial charge on any atom is -0.467 e. The average molecular weight is 696 g/mol. The number of hydrogen-bond acceptors (Lipinski definition) is 7. The summed E-state index contributed by atoms with van der Waals surface area (Å²) >= 11 is 3.77. The average Bonchev–Trinajstić information content (AvgIpc) is 2.77. The quantitative estimate of drug-likeness (QED) is 0.144. The maximum absolute atomic E-state index is 13.7. The number of halogens is 5. The zero-order valence-corrected chi connectivity index (χ0v) is 21.8. The topological polar surface area (TPSA) is 101 Å². The molecule has 3 aromatic rings. The van der Waals surface area contributed by atoms with Crippen molar-refractivity contribution in [2.45, 2.75) is 13.1 Å². The molecule has 0 saturated carbocycles. The van der Waals surface area contributed by atoms with Gasteiger partial charge in [0.1, 0.15) is 16.0 Å². The Labute approximate surface area is 220 Å². The van der Waals surface area contributed by atoms with E-state index in [4.69, 9.17) is 4.74 Å². The van der Waals surface area contributed by atoms with Gasteiger partial charge < -0.3 is 20.7 Å². The van der Waals surface area contributed by atoms with E-state index in [9.17, 15) is 18.0 Å². The van der Waals surface area contributed by atoms with Gasteiger partial charge in [-0.25, -0.2) is 9.97 Å². The third-order valence-electron chi connectivity index (χ3n) is 4.30. The molecule has 0 aliphatic carbocycles. The molecule has 0 radical (unpaired) electrons. The van der Waals surface area contributed by atoms with E-state index in [1.54, 1.807) is 60.0 Å². The van der Waals surface area contributed by atoms with Crippen LogP contribution in [0, 0.1) is 6.92 Å². The number of anilines is 5. The highest BCUT2D eigenvalue weighted by Gasteiger charge is 2.35. The smallest absolute Gasteiger partial charge is 0.421 e. The first kappa shape index (κ1) is 25.9. The van der Waals surface area contributed by atoms with Gasteiger partial charge in [0.2, 0.25) is 11.8 Å². The molecule has 0 aliphatic heterocycles. The van der Waals surface area contributed by atoms with Crippen molar-refractivity contribution in [2.75, 3.05) is 20.6 Å². The van der Waals surface area contributed by atoms with Gasteiger partial charge in [-0.1, -0.05) is 18.7 Å². The van der Waals surface area contributed by atoms with Crippen LogP contribution in [0.1, 0.15) is 11.1 Å². The van der Waals surface area contributed by atoms with Crippen LogP contribution in [0.4, 0.5) is 42.0 Å². The second kappa shape index (κ2) is 11.2. The first-order chi connectivity index (χ1) is 16.1. The van der Waals surface area contributed by atoms with Gasteiger partial charge in [0.15, 0.2) is 0 Å². The summed E-state index contributed by atoms with van der Waals surface area (Å²) in [7, 11) is 0. The normalized spacial score (nSPS) is 11.0. The third kappa shape index (κ3) is 6.68. The van der Waals surface area contributed by atoms with Crippen molar-refractivity contribution in [1.82, 2.24) is 15.0 Å². The first-order valence-electron chi connectivity index (χ1n) is 9.47. The molecule has 1 aromatic carbocycles. The lowest BCUT2D eigenvalue weighted by Crippen LogP contribution is -2.15. The molecule has 0 spiro atoms. The Morgan fingerprint density at radius 3 is 2.47 bits per heavy atom. The zero-order valence-electron chi connectivity index (χ0n) is 17.5. The Kier molecular flexibility index (Phi) is 8.51. The lowest BCUT2D eigenvalue weighted by molar-refractivity contribution is -0.137. The number of alkyl halides is 4. The standard InChI is InChI=1S/C21H17F3I2N6O2/c1-11-8-27-17(34-10-25)7-16(11)31-20-28-9-13(21(22,23)24)18(32-20)29-14-5-3-4-6-15(14)30-19(33)12(2)26/h3-9H,2,10H2,1H3,(H,30,33)(H2,27,28,29,31,32). The van der Waals surface area contributed by atoms with Crippen molar-refractivity contribution < 1.29 is 22.7 Å². The number of aryl methyl sites for hydroxylation is 1. The number of pyridine rings is 1. The van der Waals surface area contributed by atoms with Crippen LogP contribution in [0.2, 0.25) is 0 Å². The second-order valence-corrected chi connectivity index (χ2v) is 8.62. The zero-order chi connectivity index (χ0) is 24.9. The molecule has 1 amide bonds. The van der Waals surface area contributed by atoms with Crippen LogP contribution in [-0.4, -0.2) is 25.5 Å². The lowest BCUT2D eigenvalue weighted by atomic mass is 10.2. The van der Waals surface area contributed by atoms with Crippen LogP contribution in [-0.2, 0) is 11.0 Å². The number of carbonyl (C=O) groups is 1. The van der Waals surface area contributed by atoms with E-state index >= 15 is 0 Å². The Morgan fingerprint density at radius 1 is 1.12 bits per heavy atom. The summed E-state index contributed by atoms with van der Waals surface area (Å²) in [6, 6.07) is 7.91. The molecular formula is C21H17F3I2N6O2. The Bertz CT molecular complexity index is 1220. The van der Waals surface area contributed by atoms with Gasteiger partial charge in [-0.05, 0) is 69.8 Å². The highest BCUT2D eigenvalue weighted by molar-refractivity contribution is 14.1. The maximum Gasteiger partial charge on any atom is 0.421 e. The van der Waals surface area contributed by atoms with Gasteiger partial charge in [-0.2, -0.15) is 18.2 Å². The minimum absolute atomic E-state index is 0.0765. The van der Waals surface area contributed by atoms with Gasteiger partial charge in [0.05, 0.1) is 20.6 Å². The molecule has 0 saturated heterocycles. The highest BCUT2D eigenvalue weighted by Crippen LogP contribution is 2.37. The molecule has 34 heavy (non-hydrogen) atoms. The molecule has 2 heterocycles. The summed E-state index contributed by atoms with van der Waals surface area (Å²) in [5.41, 5.74) is 0.635. The number of aromatic nitrogens is 3. The summed E-state index contributed by atoms with van der Waals surface area (Å²) in [5.74, 6) is -0.703. The van der Waals surface area contributed by atoms with E-state index in [1.807, 2.05) is 22.6 Å². The SMILES string of the molecule is C=C(I)C(=O)Nc1ccccc1Nc1nc(Nc2cc(OCI)ncc2C)ncc1C(F)(F)F. The van der Waals surface area contributed by atoms with E-state index in [2.05, 4.69) is 37.5 Å². The number of nitrogens with one attached hydrogen (secondary N) is 3. The number of carbonyl (C=O) groups excluding carboxylic acids is 1. The Balaban J connectivity index is 1.98. The van der Waals surface area contributed by atoms with E-state index in [-0.39, 0.29) is 20.9 Å². The Morgan fingerprint density at radius 2 is 1.82 bits per heavy atom. The second-order valence-electron chi connectivity index (χ2n) is 6.70. The van der Waals surface area contributed by atoms with Gasteiger partial charge in [-0.15, -0.1) is 0 Å². The molecule has 178 valence electrons. The number of benzene rings is 1. The molecule has 8 nitrogen and oxygen atoms in total. The summed E-state index contributed by atoms with van der Waals surface area (Å²) in [6.07, 6.45) is -2.47. The number of nitrogens with zero attached hydrogens (tertiary/aromatic N) is 3. The fourth-order valence-corrected chi connectivity index (χ4v) is 3.11. The van der Waals surface area contributed by atoms with Gasteiger partial charge in [0, 0.05) is 18.5 Å². The van der Waals surface area contributed by atoms with Crippen molar-refractivity contribution in [1.29, 1.82) is 0 Å². The molecular weight excluding hydrogens is 679 g/mol. The predicted octanol–water partition coefficient (Wildman–Crippen LogP) is 6.34. The van der Waals surface area contributed by atoms with E-state index in [0.29, 0.717) is 27.9 Å². The summed E-state index contributed by atoms with van der Waals surface area (Å²) < 4.78 is 47.0. The van der Waals surface area contributed by atoms with Crippen molar-refractivity contribution in [3.8, 4) is 5.88 Å². The van der Waals surface area contributed by atoms with Gasteiger partial charge in [-0.3, -0.25) is 4.79 Å². The van der Waals surface area contributed by atoms with Crippen molar-refractivity contribution in [3.05, 3.63) is 64.0 Å². The summed E-state index contributed by atoms with van der Waals surface area (Å²) in [6.45, 7) is 5.32. The largest absolute Gasteiger partial charge is 0.467 e. The molecule has 0 atom stereocenters. The highest BCUT2D eigenvalue weighted by atomic mass is 127. The minimum atomic E-state index is -4.72. The fourth-order valence-electron chi connectivity index (χ4n) is 2.66. The molecule has 0 aliphatic rings. The van der Waals surface area contributed by atoms with E-state index in [1.165, 1.54) is 6.07 Å². The number of amides is 1. The number of para-hydroxylation sites is 2. The predicted molar refractivity (Wildman–Crippen MR) is 140 cm³/mol. The third-order valence-corrected chi connectivity index (χ3v) is 5.10. The van der Waals surface area contributed by atoms with E-state index < -0.39 is 23.5 Å². The fraction of sp³-hybridized carbons (Fsp3) is 0.143. The lowest BCUT2D eigenvalue weighted by Gasteiger charge is -2.17. The summed E-state index contributed by atoms with van der Waals surface area (Å²) in [5, 5.41) is 8.17. The summed E-state index contributed by atoms with van der Waals surface area (Å²) in [4.78, 5) is 24.0. The number of hydrogen-bond donors (Lipinski definition) is 3. The monoisotopic (exact) mass is 696 g/mol. The number of ether oxygens (including phenoxy) is 1. The molecule has 0 bridgehead atoms. The van der Waals surface area contributed by atoms with Crippen LogP contribution in [0.3, 0.4) is 0 Å². The van der Waals surface area contributed by atoms with Crippen LogP contribution in [0.15, 0.2) is 52.9 Å². The molecule has 2 aromatic heterocycles. The molecule has 13 heteroatoms. The van der Waals surface area contributed by atoms with Crippen LogP contribution >= 0.6 is 45.2 Å². The number of rotatable bonds is 8. The van der Waals surface area contributed by atoms with E-state index in [0.717, 1.165) is 0 Å². The molecule has 0 fully saturated rings. The molecule has 3 N–H and O–H groups in total. The molecule has 0 unspecified atom stereocenters. The first-order valence-corrected chi connectivity index (χ1v) is 12.1. The van der Waals surface area contributed by atoms with Crippen molar-refractivity contribution >= 4 is 79.9 Å². The van der Waals surface area contributed by atoms with Crippen LogP contribution in [0.25, 0.3) is 0 Å².